The van der Waals surface area contributed by atoms with Crippen LogP contribution in [0.4, 0.5) is 5.82 Å². The highest BCUT2D eigenvalue weighted by atomic mass is 32.2. The molecule has 0 spiro atoms. The molecule has 3 aromatic rings. The molecule has 12 heteroatoms. The zero-order chi connectivity index (χ0) is 24.2. The average Bonchev–Trinajstić information content (AvgIpc) is 3.12. The summed E-state index contributed by atoms with van der Waals surface area (Å²) in [5.74, 6) is -0.649. The van der Waals surface area contributed by atoms with Gasteiger partial charge < -0.3 is 24.1 Å². The summed E-state index contributed by atoms with van der Waals surface area (Å²) < 4.78 is 39.9. The highest BCUT2D eigenvalue weighted by molar-refractivity contribution is 7.86. The van der Waals surface area contributed by atoms with E-state index in [0.29, 0.717) is 11.6 Å². The van der Waals surface area contributed by atoms with Gasteiger partial charge >= 0.3 is 16.1 Å². The van der Waals surface area contributed by atoms with Crippen molar-refractivity contribution in [1.82, 2.24) is 9.78 Å². The van der Waals surface area contributed by atoms with E-state index in [0.717, 1.165) is 6.26 Å². The summed E-state index contributed by atoms with van der Waals surface area (Å²) in [5, 5.41) is 15.8. The number of benzene rings is 2. The summed E-state index contributed by atoms with van der Waals surface area (Å²) in [7, 11) is -1.97. The van der Waals surface area contributed by atoms with Gasteiger partial charge in [0.25, 0.3) is 5.91 Å². The first-order chi connectivity index (χ1) is 15.5. The maximum Gasteiger partial charge on any atom is 0.344 e. The van der Waals surface area contributed by atoms with E-state index in [1.807, 2.05) is 0 Å². The molecule has 1 atom stereocenters. The lowest BCUT2D eigenvalue weighted by Crippen LogP contribution is -2.23. The number of nitrogens with one attached hydrogen (secondary N) is 1. The number of amides is 1. The van der Waals surface area contributed by atoms with Crippen LogP contribution in [0.25, 0.3) is 0 Å². The number of aromatic nitrogens is 2. The third-order valence-electron chi connectivity index (χ3n) is 4.07. The molecule has 1 amide bonds. The summed E-state index contributed by atoms with van der Waals surface area (Å²) in [6, 6.07) is 11.6. The Balaban J connectivity index is 1.86. The summed E-state index contributed by atoms with van der Waals surface area (Å²) in [4.78, 5) is 23.9. The van der Waals surface area contributed by atoms with Crippen LogP contribution in [-0.2, 0) is 22.0 Å². The minimum absolute atomic E-state index is 0.102. The molecule has 174 valence electrons. The van der Waals surface area contributed by atoms with Crippen LogP contribution in [0, 0.1) is 0 Å². The van der Waals surface area contributed by atoms with Gasteiger partial charge in [-0.25, -0.2) is 4.79 Å². The Morgan fingerprint density at radius 2 is 1.67 bits per heavy atom. The molecular weight excluding hydrogens is 454 g/mol. The Hall–Kier alpha value is -4.06. The SMILES string of the molecule is CC(Oc1cc(Oc2ccc(OS(C)(=O)=O)cc2)cc(C(=O)Nc2ccn(C)n2)c1)C(=O)O. The molecule has 3 rings (SSSR count). The van der Waals surface area contributed by atoms with Gasteiger partial charge in [0.2, 0.25) is 0 Å². The number of hydrogen-bond donors (Lipinski definition) is 2. The van der Waals surface area contributed by atoms with Crippen molar-refractivity contribution in [3.05, 3.63) is 60.3 Å². The van der Waals surface area contributed by atoms with Crippen LogP contribution in [0.3, 0.4) is 0 Å². The van der Waals surface area contributed by atoms with Crippen molar-refractivity contribution in [2.75, 3.05) is 11.6 Å². The summed E-state index contributed by atoms with van der Waals surface area (Å²) in [5.41, 5.74) is 0.141. The lowest BCUT2D eigenvalue weighted by molar-refractivity contribution is -0.144. The maximum absolute atomic E-state index is 12.7. The van der Waals surface area contributed by atoms with Gasteiger partial charge in [-0.15, -0.1) is 0 Å². The van der Waals surface area contributed by atoms with E-state index >= 15 is 0 Å². The normalized spacial score (nSPS) is 12.0. The van der Waals surface area contributed by atoms with E-state index in [1.165, 1.54) is 54.1 Å². The second-order valence-corrected chi connectivity index (χ2v) is 8.56. The van der Waals surface area contributed by atoms with Crippen LogP contribution in [0.1, 0.15) is 17.3 Å². The third kappa shape index (κ3) is 6.97. The summed E-state index contributed by atoms with van der Waals surface area (Å²) in [6.07, 6.45) is 1.42. The molecule has 0 saturated heterocycles. The second-order valence-electron chi connectivity index (χ2n) is 6.98. The maximum atomic E-state index is 12.7. The first-order valence-electron chi connectivity index (χ1n) is 9.51. The number of aliphatic carboxylic acids is 1. The minimum Gasteiger partial charge on any atom is -0.479 e. The zero-order valence-electron chi connectivity index (χ0n) is 17.9. The number of carbonyl (C=O) groups excluding carboxylic acids is 1. The van der Waals surface area contributed by atoms with E-state index in [9.17, 15) is 18.0 Å². The van der Waals surface area contributed by atoms with Crippen LogP contribution in [0.2, 0.25) is 0 Å². The fourth-order valence-electron chi connectivity index (χ4n) is 2.63. The van der Waals surface area contributed by atoms with Gasteiger partial charge in [-0.2, -0.15) is 13.5 Å². The molecule has 0 saturated carbocycles. The Morgan fingerprint density at radius 3 is 2.24 bits per heavy atom. The molecule has 1 unspecified atom stereocenters. The Kier molecular flexibility index (Phi) is 6.87. The molecule has 0 bridgehead atoms. The number of carbonyl (C=O) groups is 2. The molecule has 0 aliphatic heterocycles. The van der Waals surface area contributed by atoms with Gasteiger partial charge in [0.05, 0.1) is 6.26 Å². The second kappa shape index (κ2) is 9.61. The van der Waals surface area contributed by atoms with Crippen molar-refractivity contribution >= 4 is 27.8 Å². The van der Waals surface area contributed by atoms with Crippen LogP contribution in [-0.4, -0.2) is 47.5 Å². The van der Waals surface area contributed by atoms with E-state index in [1.54, 1.807) is 19.3 Å². The Labute approximate surface area is 189 Å². The molecule has 11 nitrogen and oxygen atoms in total. The average molecular weight is 475 g/mol. The monoisotopic (exact) mass is 475 g/mol. The lowest BCUT2D eigenvalue weighted by atomic mass is 10.2. The predicted molar refractivity (Wildman–Crippen MR) is 117 cm³/mol. The van der Waals surface area contributed by atoms with Crippen molar-refractivity contribution in [2.45, 2.75) is 13.0 Å². The van der Waals surface area contributed by atoms with E-state index in [2.05, 4.69) is 10.4 Å². The van der Waals surface area contributed by atoms with Crippen LogP contribution >= 0.6 is 0 Å². The summed E-state index contributed by atoms with van der Waals surface area (Å²) >= 11 is 0. The molecule has 2 aromatic carbocycles. The minimum atomic E-state index is -3.67. The number of aryl methyl sites for hydroxylation is 1. The predicted octanol–water partition coefficient (Wildman–Crippen LogP) is 2.66. The first kappa shape index (κ1) is 23.6. The molecular formula is C21H21N3O8S. The number of hydrogen-bond acceptors (Lipinski definition) is 8. The van der Waals surface area contributed by atoms with Crippen molar-refractivity contribution in [3.63, 3.8) is 0 Å². The van der Waals surface area contributed by atoms with Crippen molar-refractivity contribution in [1.29, 1.82) is 0 Å². The Morgan fingerprint density at radius 1 is 1.03 bits per heavy atom. The molecule has 0 aliphatic rings. The van der Waals surface area contributed by atoms with Gasteiger partial charge in [0.1, 0.15) is 23.0 Å². The van der Waals surface area contributed by atoms with E-state index in [-0.39, 0.29) is 22.8 Å². The number of anilines is 1. The number of nitrogens with zero attached hydrogens (tertiary/aromatic N) is 2. The molecule has 0 radical (unpaired) electrons. The lowest BCUT2D eigenvalue weighted by Gasteiger charge is -2.14. The van der Waals surface area contributed by atoms with Crippen LogP contribution < -0.4 is 19.0 Å². The molecule has 0 fully saturated rings. The first-order valence-corrected chi connectivity index (χ1v) is 11.3. The van der Waals surface area contributed by atoms with E-state index in [4.69, 9.17) is 18.8 Å². The number of carboxylic acid groups (broad SMARTS) is 1. The smallest absolute Gasteiger partial charge is 0.344 e. The van der Waals surface area contributed by atoms with Crippen molar-refractivity contribution < 1.29 is 36.8 Å². The summed E-state index contributed by atoms with van der Waals surface area (Å²) in [6.45, 7) is 1.35. The van der Waals surface area contributed by atoms with Gasteiger partial charge in [-0.3, -0.25) is 9.48 Å². The number of carboxylic acids is 1. The highest BCUT2D eigenvalue weighted by Gasteiger charge is 2.17. The third-order valence-corrected chi connectivity index (χ3v) is 4.56. The fourth-order valence-corrected chi connectivity index (χ4v) is 3.09. The van der Waals surface area contributed by atoms with Crippen molar-refractivity contribution in [2.24, 2.45) is 7.05 Å². The molecule has 0 aliphatic carbocycles. The van der Waals surface area contributed by atoms with Crippen LogP contribution in [0.5, 0.6) is 23.0 Å². The largest absolute Gasteiger partial charge is 0.479 e. The van der Waals surface area contributed by atoms with Crippen molar-refractivity contribution in [3.8, 4) is 23.0 Å². The number of rotatable bonds is 9. The standard InChI is InChI=1S/C21H21N3O8S/c1-13(21(26)27)30-17-10-14(20(25)22-19-8-9-24(2)23-19)11-18(12-17)31-15-4-6-16(7-5-15)32-33(3,28)29/h4-13H,1-3H3,(H,26,27)(H,22,23,25). The van der Waals surface area contributed by atoms with Gasteiger partial charge in [0, 0.05) is 30.9 Å². The van der Waals surface area contributed by atoms with Gasteiger partial charge in [-0.05, 0) is 43.3 Å². The molecule has 1 aromatic heterocycles. The molecule has 1 heterocycles. The molecule has 33 heavy (non-hydrogen) atoms. The quantitative estimate of drug-likeness (QED) is 0.446. The fraction of sp³-hybridized carbons (Fsp3) is 0.190. The molecule has 2 N–H and O–H groups in total. The van der Waals surface area contributed by atoms with E-state index < -0.39 is 28.1 Å². The number of ether oxygens (including phenoxy) is 2. The Bertz CT molecular complexity index is 1270. The highest BCUT2D eigenvalue weighted by Crippen LogP contribution is 2.30. The van der Waals surface area contributed by atoms with Crippen LogP contribution in [0.15, 0.2) is 54.7 Å². The van der Waals surface area contributed by atoms with Gasteiger partial charge in [0.15, 0.2) is 11.9 Å². The zero-order valence-corrected chi connectivity index (χ0v) is 18.7. The topological polar surface area (TPSA) is 146 Å². The van der Waals surface area contributed by atoms with Gasteiger partial charge in [-0.1, -0.05) is 0 Å².